The lowest BCUT2D eigenvalue weighted by molar-refractivity contribution is -0.385. The van der Waals surface area contributed by atoms with Gasteiger partial charge >= 0.3 is 11.7 Å². The van der Waals surface area contributed by atoms with E-state index >= 15 is 0 Å². The molecule has 19 heavy (non-hydrogen) atoms. The number of nitro benzene ring substituents is 1. The number of nitrogens with zero attached hydrogens (tertiary/aromatic N) is 2. The van der Waals surface area contributed by atoms with Gasteiger partial charge in [-0.3, -0.25) is 14.9 Å². The average Bonchev–Trinajstić information content (AvgIpc) is 2.39. The van der Waals surface area contributed by atoms with E-state index in [1.54, 1.807) is 13.0 Å². The average molecular weight is 264 g/mol. The SMILES string of the molecule is CCOC(=O)C(C#N)c1ccc([N+](=O)[O-])c(OC)c1. The smallest absolute Gasteiger partial charge is 0.327 e. The third-order valence-corrected chi connectivity index (χ3v) is 2.39. The van der Waals surface area contributed by atoms with E-state index in [-0.39, 0.29) is 18.0 Å². The summed E-state index contributed by atoms with van der Waals surface area (Å²) in [6, 6.07) is 5.63. The van der Waals surface area contributed by atoms with Gasteiger partial charge in [0.25, 0.3) is 0 Å². The second-order valence-electron chi connectivity index (χ2n) is 3.50. The Labute approximate surface area is 109 Å². The van der Waals surface area contributed by atoms with Crippen LogP contribution in [0.25, 0.3) is 0 Å². The van der Waals surface area contributed by atoms with Gasteiger partial charge in [-0.15, -0.1) is 0 Å². The van der Waals surface area contributed by atoms with Crippen LogP contribution in [0.1, 0.15) is 18.4 Å². The summed E-state index contributed by atoms with van der Waals surface area (Å²) in [6.45, 7) is 1.78. The monoisotopic (exact) mass is 264 g/mol. The molecule has 0 amide bonds. The third kappa shape index (κ3) is 3.19. The van der Waals surface area contributed by atoms with E-state index in [0.29, 0.717) is 5.56 Å². The zero-order valence-electron chi connectivity index (χ0n) is 10.5. The summed E-state index contributed by atoms with van der Waals surface area (Å²) in [4.78, 5) is 21.7. The molecule has 0 aromatic heterocycles. The number of carbonyl (C=O) groups is 1. The number of nitriles is 1. The molecule has 100 valence electrons. The Kier molecular flexibility index (Phi) is 4.83. The predicted octanol–water partition coefficient (Wildman–Crippen LogP) is 1.77. The molecule has 1 atom stereocenters. The van der Waals surface area contributed by atoms with Crippen LogP contribution in [-0.2, 0) is 9.53 Å². The highest BCUT2D eigenvalue weighted by atomic mass is 16.6. The van der Waals surface area contributed by atoms with Crippen LogP contribution in [0.4, 0.5) is 5.69 Å². The van der Waals surface area contributed by atoms with Crippen molar-refractivity contribution in [3.63, 3.8) is 0 Å². The zero-order valence-corrected chi connectivity index (χ0v) is 10.5. The van der Waals surface area contributed by atoms with Crippen LogP contribution in [0.5, 0.6) is 5.75 Å². The van der Waals surface area contributed by atoms with Gasteiger partial charge in [-0.2, -0.15) is 5.26 Å². The van der Waals surface area contributed by atoms with Crippen LogP contribution in [0, 0.1) is 21.4 Å². The standard InChI is InChI=1S/C12H12N2O5/c1-3-19-12(15)9(7-13)8-4-5-10(14(16)17)11(6-8)18-2/h4-6,9H,3H2,1-2H3. The van der Waals surface area contributed by atoms with Crippen molar-refractivity contribution in [1.82, 2.24) is 0 Å². The Morgan fingerprint density at radius 2 is 2.26 bits per heavy atom. The first-order valence-corrected chi connectivity index (χ1v) is 5.43. The van der Waals surface area contributed by atoms with Gasteiger partial charge in [0.1, 0.15) is 0 Å². The Bertz CT molecular complexity index is 535. The summed E-state index contributed by atoms with van der Waals surface area (Å²) >= 11 is 0. The number of rotatable bonds is 5. The molecular formula is C12H12N2O5. The predicted molar refractivity (Wildman–Crippen MR) is 64.6 cm³/mol. The molecular weight excluding hydrogens is 252 g/mol. The minimum atomic E-state index is -1.13. The summed E-state index contributed by atoms with van der Waals surface area (Å²) in [7, 11) is 1.28. The highest BCUT2D eigenvalue weighted by molar-refractivity contribution is 5.81. The van der Waals surface area contributed by atoms with E-state index in [1.165, 1.54) is 25.3 Å². The molecule has 0 heterocycles. The first kappa shape index (κ1) is 14.4. The van der Waals surface area contributed by atoms with E-state index in [2.05, 4.69) is 0 Å². The first-order valence-electron chi connectivity index (χ1n) is 5.43. The molecule has 0 fully saturated rings. The van der Waals surface area contributed by atoms with Gasteiger partial charge in [0.05, 0.1) is 24.7 Å². The second-order valence-corrected chi connectivity index (χ2v) is 3.50. The van der Waals surface area contributed by atoms with Gasteiger partial charge in [0, 0.05) is 6.07 Å². The van der Waals surface area contributed by atoms with Gasteiger partial charge in [-0.1, -0.05) is 0 Å². The van der Waals surface area contributed by atoms with Crippen molar-refractivity contribution < 1.29 is 19.2 Å². The lowest BCUT2D eigenvalue weighted by atomic mass is 10.00. The zero-order chi connectivity index (χ0) is 14.4. The molecule has 7 nitrogen and oxygen atoms in total. The van der Waals surface area contributed by atoms with Crippen molar-refractivity contribution in [2.24, 2.45) is 0 Å². The van der Waals surface area contributed by atoms with Gasteiger partial charge in [-0.05, 0) is 24.6 Å². The van der Waals surface area contributed by atoms with Crippen LogP contribution in [0.3, 0.4) is 0 Å². The molecule has 0 bridgehead atoms. The molecule has 0 saturated heterocycles. The fraction of sp³-hybridized carbons (Fsp3) is 0.333. The first-order chi connectivity index (χ1) is 9.04. The number of benzene rings is 1. The number of esters is 1. The van der Waals surface area contributed by atoms with E-state index in [4.69, 9.17) is 14.7 Å². The van der Waals surface area contributed by atoms with Gasteiger partial charge in [-0.25, -0.2) is 0 Å². The summed E-state index contributed by atoms with van der Waals surface area (Å²) in [6.07, 6.45) is 0. The molecule has 1 unspecified atom stereocenters. The summed E-state index contributed by atoms with van der Waals surface area (Å²) in [5, 5.41) is 19.7. The fourth-order valence-electron chi connectivity index (χ4n) is 1.51. The quantitative estimate of drug-likeness (QED) is 0.456. The minimum Gasteiger partial charge on any atom is -0.490 e. The Balaban J connectivity index is 3.17. The molecule has 0 spiro atoms. The Morgan fingerprint density at radius 3 is 2.74 bits per heavy atom. The molecule has 1 aromatic carbocycles. The number of hydrogen-bond donors (Lipinski definition) is 0. The maximum atomic E-state index is 11.6. The third-order valence-electron chi connectivity index (χ3n) is 2.39. The second kappa shape index (κ2) is 6.35. The Hall–Kier alpha value is -2.62. The van der Waals surface area contributed by atoms with Crippen molar-refractivity contribution in [3.8, 4) is 11.8 Å². The van der Waals surface area contributed by atoms with Gasteiger partial charge in [0.15, 0.2) is 11.7 Å². The van der Waals surface area contributed by atoms with Crippen molar-refractivity contribution in [2.75, 3.05) is 13.7 Å². The molecule has 0 aliphatic rings. The van der Waals surface area contributed by atoms with Crippen LogP contribution in [-0.4, -0.2) is 24.6 Å². The van der Waals surface area contributed by atoms with Crippen LogP contribution in [0.15, 0.2) is 18.2 Å². The largest absolute Gasteiger partial charge is 0.490 e. The van der Waals surface area contributed by atoms with Crippen molar-refractivity contribution in [2.45, 2.75) is 12.8 Å². The highest BCUT2D eigenvalue weighted by Gasteiger charge is 2.24. The highest BCUT2D eigenvalue weighted by Crippen LogP contribution is 2.30. The molecule has 1 aromatic rings. The topological polar surface area (TPSA) is 102 Å². The van der Waals surface area contributed by atoms with Crippen LogP contribution < -0.4 is 4.74 Å². The normalized spacial score (nSPS) is 11.2. The summed E-state index contributed by atoms with van der Waals surface area (Å²) in [5.74, 6) is -1.83. The van der Waals surface area contributed by atoms with E-state index in [0.717, 1.165) is 0 Å². The number of ether oxygens (including phenoxy) is 2. The van der Waals surface area contributed by atoms with E-state index in [1.807, 2.05) is 0 Å². The lowest BCUT2D eigenvalue weighted by Gasteiger charge is -2.10. The molecule has 0 radical (unpaired) electrons. The lowest BCUT2D eigenvalue weighted by Crippen LogP contribution is -2.14. The van der Waals surface area contributed by atoms with Gasteiger partial charge in [0.2, 0.25) is 0 Å². The number of hydrogen-bond acceptors (Lipinski definition) is 6. The minimum absolute atomic E-state index is 0.00736. The molecule has 7 heteroatoms. The molecule has 0 N–H and O–H groups in total. The van der Waals surface area contributed by atoms with Gasteiger partial charge < -0.3 is 9.47 Å². The van der Waals surface area contributed by atoms with Crippen LogP contribution in [0.2, 0.25) is 0 Å². The summed E-state index contributed by atoms with van der Waals surface area (Å²) in [5.41, 5.74) is 0.0650. The van der Waals surface area contributed by atoms with Crippen molar-refractivity contribution in [1.29, 1.82) is 5.26 Å². The molecule has 1 rings (SSSR count). The van der Waals surface area contributed by atoms with E-state index < -0.39 is 16.8 Å². The number of methoxy groups -OCH3 is 1. The fourth-order valence-corrected chi connectivity index (χ4v) is 1.51. The molecule has 0 saturated carbocycles. The summed E-state index contributed by atoms with van der Waals surface area (Å²) < 4.78 is 9.64. The van der Waals surface area contributed by atoms with E-state index in [9.17, 15) is 14.9 Å². The van der Waals surface area contributed by atoms with Crippen LogP contribution >= 0.6 is 0 Å². The maximum absolute atomic E-state index is 11.6. The number of carbonyl (C=O) groups excluding carboxylic acids is 1. The Morgan fingerprint density at radius 1 is 1.58 bits per heavy atom. The van der Waals surface area contributed by atoms with Crippen molar-refractivity contribution in [3.05, 3.63) is 33.9 Å². The number of nitro groups is 1. The molecule has 0 aliphatic heterocycles. The maximum Gasteiger partial charge on any atom is 0.327 e. The van der Waals surface area contributed by atoms with Crippen molar-refractivity contribution >= 4 is 11.7 Å². The molecule has 0 aliphatic carbocycles.